The van der Waals surface area contributed by atoms with Gasteiger partial charge in [-0.25, -0.2) is 0 Å². The minimum Gasteiger partial charge on any atom is -0.324 e. The van der Waals surface area contributed by atoms with E-state index >= 15 is 0 Å². The molecule has 1 aromatic carbocycles. The van der Waals surface area contributed by atoms with Crippen LogP contribution in [0.4, 0.5) is 0 Å². The van der Waals surface area contributed by atoms with E-state index in [9.17, 15) is 0 Å². The summed E-state index contributed by atoms with van der Waals surface area (Å²) >= 11 is 11.8. The first-order valence-electron chi connectivity index (χ1n) is 4.89. The molecule has 3 heteroatoms. The maximum Gasteiger partial charge on any atom is 0.0595 e. The quantitative estimate of drug-likeness (QED) is 0.821. The summed E-state index contributed by atoms with van der Waals surface area (Å²) < 4.78 is 0. The summed E-state index contributed by atoms with van der Waals surface area (Å²) in [7, 11) is 0. The average Bonchev–Trinajstić information content (AvgIpc) is 2.06. The van der Waals surface area contributed by atoms with Gasteiger partial charge in [-0.2, -0.15) is 0 Å². The zero-order chi connectivity index (χ0) is 10.1. The van der Waals surface area contributed by atoms with Gasteiger partial charge >= 0.3 is 0 Å². The second kappa shape index (κ2) is 4.09. The Morgan fingerprint density at radius 1 is 1.21 bits per heavy atom. The van der Waals surface area contributed by atoms with E-state index in [1.807, 2.05) is 18.2 Å². The lowest BCUT2D eigenvalue weighted by atomic mass is 9.78. The van der Waals surface area contributed by atoms with Gasteiger partial charge in [0.05, 0.1) is 10.0 Å². The molecule has 1 fully saturated rings. The predicted molar refractivity (Wildman–Crippen MR) is 60.7 cm³/mol. The first-order valence-corrected chi connectivity index (χ1v) is 5.64. The van der Waals surface area contributed by atoms with Gasteiger partial charge in [0, 0.05) is 6.04 Å². The summed E-state index contributed by atoms with van der Waals surface area (Å²) in [5.74, 6) is 0.632. The van der Waals surface area contributed by atoms with E-state index in [0.29, 0.717) is 16.0 Å². The fraction of sp³-hybridized carbons (Fsp3) is 0.455. The average molecular weight is 230 g/mol. The van der Waals surface area contributed by atoms with Crippen LogP contribution in [0.5, 0.6) is 0 Å². The number of hydrogen-bond acceptors (Lipinski definition) is 1. The molecule has 76 valence electrons. The maximum atomic E-state index is 6.12. The molecule has 2 N–H and O–H groups in total. The summed E-state index contributed by atoms with van der Waals surface area (Å²) in [5.41, 5.74) is 7.22. The summed E-state index contributed by atoms with van der Waals surface area (Å²) in [6, 6.07) is 5.79. The van der Waals surface area contributed by atoms with Crippen LogP contribution in [0.1, 0.15) is 30.9 Å². The molecule has 0 amide bonds. The van der Waals surface area contributed by atoms with Gasteiger partial charge in [-0.05, 0) is 36.5 Å². The Hall–Kier alpha value is -0.240. The van der Waals surface area contributed by atoms with Gasteiger partial charge in [0.25, 0.3) is 0 Å². The van der Waals surface area contributed by atoms with E-state index in [2.05, 4.69) is 0 Å². The van der Waals surface area contributed by atoms with Crippen molar-refractivity contribution in [1.82, 2.24) is 0 Å². The van der Waals surface area contributed by atoms with Crippen molar-refractivity contribution in [3.05, 3.63) is 33.8 Å². The van der Waals surface area contributed by atoms with Crippen LogP contribution in [-0.2, 0) is 0 Å². The van der Waals surface area contributed by atoms with Crippen molar-refractivity contribution >= 4 is 23.2 Å². The van der Waals surface area contributed by atoms with Crippen molar-refractivity contribution in [3.8, 4) is 0 Å². The van der Waals surface area contributed by atoms with Crippen molar-refractivity contribution in [1.29, 1.82) is 0 Å². The van der Waals surface area contributed by atoms with E-state index in [1.165, 1.54) is 19.3 Å². The maximum absolute atomic E-state index is 6.12. The zero-order valence-corrected chi connectivity index (χ0v) is 9.35. The predicted octanol–water partition coefficient (Wildman–Crippen LogP) is 3.79. The molecule has 0 aliphatic heterocycles. The molecule has 0 spiro atoms. The Balaban J connectivity index is 2.18. The van der Waals surface area contributed by atoms with Gasteiger partial charge in [-0.15, -0.1) is 0 Å². The lowest BCUT2D eigenvalue weighted by molar-refractivity contribution is 0.264. The van der Waals surface area contributed by atoms with Crippen molar-refractivity contribution in [3.63, 3.8) is 0 Å². The number of halogens is 2. The lowest BCUT2D eigenvalue weighted by Gasteiger charge is -2.31. The molecule has 1 aliphatic rings. The van der Waals surface area contributed by atoms with E-state index < -0.39 is 0 Å². The number of hydrogen-bond donors (Lipinski definition) is 1. The molecular formula is C11H13Cl2N. The largest absolute Gasteiger partial charge is 0.324 e. The van der Waals surface area contributed by atoms with Crippen LogP contribution in [0.2, 0.25) is 10.0 Å². The van der Waals surface area contributed by atoms with E-state index in [1.54, 1.807) is 0 Å². The minimum atomic E-state index is 0.124. The van der Waals surface area contributed by atoms with Gasteiger partial charge in [-0.3, -0.25) is 0 Å². The molecule has 0 radical (unpaired) electrons. The van der Waals surface area contributed by atoms with Gasteiger partial charge < -0.3 is 5.73 Å². The number of rotatable bonds is 2. The van der Waals surface area contributed by atoms with Crippen molar-refractivity contribution in [2.24, 2.45) is 11.7 Å². The molecule has 0 bridgehead atoms. The highest BCUT2D eigenvalue weighted by atomic mass is 35.5. The van der Waals surface area contributed by atoms with Gasteiger partial charge in [0.2, 0.25) is 0 Å². The topological polar surface area (TPSA) is 26.0 Å². The normalized spacial score (nSPS) is 19.1. The standard InChI is InChI=1S/C11H13Cl2N/c12-9-5-4-8(6-10(9)13)11(14)7-2-1-3-7/h4-7,11H,1-3,14H2/t11-/m1/s1. The van der Waals surface area contributed by atoms with Gasteiger partial charge in [-0.1, -0.05) is 35.7 Å². The van der Waals surface area contributed by atoms with Crippen LogP contribution in [0.25, 0.3) is 0 Å². The first-order chi connectivity index (χ1) is 6.68. The molecule has 1 atom stereocenters. The Morgan fingerprint density at radius 3 is 2.43 bits per heavy atom. The van der Waals surface area contributed by atoms with Crippen LogP contribution >= 0.6 is 23.2 Å². The second-order valence-corrected chi connectivity index (χ2v) is 4.70. The third-order valence-corrected chi connectivity index (χ3v) is 3.73. The Kier molecular flexibility index (Phi) is 3.01. The molecule has 0 heterocycles. The minimum absolute atomic E-state index is 0.124. The molecular weight excluding hydrogens is 217 g/mol. The molecule has 0 unspecified atom stereocenters. The molecule has 1 aliphatic carbocycles. The Morgan fingerprint density at radius 2 is 1.93 bits per heavy atom. The van der Waals surface area contributed by atoms with Crippen molar-refractivity contribution < 1.29 is 0 Å². The third kappa shape index (κ3) is 1.90. The molecule has 1 nitrogen and oxygen atoms in total. The molecule has 1 aromatic rings. The third-order valence-electron chi connectivity index (χ3n) is 2.99. The molecule has 0 aromatic heterocycles. The van der Waals surface area contributed by atoms with Crippen LogP contribution in [0.15, 0.2) is 18.2 Å². The number of nitrogens with two attached hydrogens (primary N) is 1. The molecule has 14 heavy (non-hydrogen) atoms. The Bertz CT molecular complexity index is 334. The lowest BCUT2D eigenvalue weighted by Crippen LogP contribution is -2.26. The monoisotopic (exact) mass is 229 g/mol. The highest BCUT2D eigenvalue weighted by Crippen LogP contribution is 2.37. The van der Waals surface area contributed by atoms with E-state index in [4.69, 9.17) is 28.9 Å². The van der Waals surface area contributed by atoms with Crippen molar-refractivity contribution in [2.45, 2.75) is 25.3 Å². The first kappa shape index (κ1) is 10.3. The van der Waals surface area contributed by atoms with Crippen LogP contribution < -0.4 is 5.73 Å². The fourth-order valence-corrected chi connectivity index (χ4v) is 2.10. The fourth-order valence-electron chi connectivity index (χ4n) is 1.79. The van der Waals surface area contributed by atoms with Gasteiger partial charge in [0.15, 0.2) is 0 Å². The van der Waals surface area contributed by atoms with Crippen LogP contribution in [0, 0.1) is 5.92 Å². The van der Waals surface area contributed by atoms with E-state index in [0.717, 1.165) is 5.56 Å². The summed E-state index contributed by atoms with van der Waals surface area (Å²) in [6.45, 7) is 0. The molecule has 1 saturated carbocycles. The zero-order valence-electron chi connectivity index (χ0n) is 7.84. The van der Waals surface area contributed by atoms with E-state index in [-0.39, 0.29) is 6.04 Å². The molecule has 2 rings (SSSR count). The van der Waals surface area contributed by atoms with Crippen LogP contribution in [0.3, 0.4) is 0 Å². The highest BCUT2D eigenvalue weighted by Gasteiger charge is 2.25. The summed E-state index contributed by atoms with van der Waals surface area (Å²) in [5, 5.41) is 1.19. The number of benzene rings is 1. The SMILES string of the molecule is N[C@@H](c1ccc(Cl)c(Cl)c1)C1CCC1. The summed E-state index contributed by atoms with van der Waals surface area (Å²) in [6.07, 6.45) is 3.78. The Labute approximate surface area is 94.2 Å². The highest BCUT2D eigenvalue weighted by molar-refractivity contribution is 6.42. The van der Waals surface area contributed by atoms with Gasteiger partial charge in [0.1, 0.15) is 0 Å². The molecule has 0 saturated heterocycles. The summed E-state index contributed by atoms with van der Waals surface area (Å²) in [4.78, 5) is 0. The second-order valence-electron chi connectivity index (χ2n) is 3.89. The smallest absolute Gasteiger partial charge is 0.0595 e. The van der Waals surface area contributed by atoms with Crippen LogP contribution in [-0.4, -0.2) is 0 Å². The van der Waals surface area contributed by atoms with Crippen molar-refractivity contribution in [2.75, 3.05) is 0 Å².